The van der Waals surface area contributed by atoms with Crippen molar-refractivity contribution in [1.82, 2.24) is 20.1 Å². The first-order valence-electron chi connectivity index (χ1n) is 10.1. The van der Waals surface area contributed by atoms with Gasteiger partial charge in [-0.1, -0.05) is 41.0 Å². The van der Waals surface area contributed by atoms with E-state index in [-0.39, 0.29) is 23.8 Å². The summed E-state index contributed by atoms with van der Waals surface area (Å²) in [6, 6.07) is 12.4. The Morgan fingerprint density at radius 1 is 1.28 bits per heavy atom. The molecule has 7 nitrogen and oxygen atoms in total. The summed E-state index contributed by atoms with van der Waals surface area (Å²) < 4.78 is 13.5. The van der Waals surface area contributed by atoms with Gasteiger partial charge in [0.1, 0.15) is 18.1 Å². The normalized spacial score (nSPS) is 15.7. The number of benzene rings is 2. The third-order valence-electron chi connectivity index (χ3n) is 4.95. The van der Waals surface area contributed by atoms with E-state index in [2.05, 4.69) is 15.5 Å². The molecule has 0 saturated heterocycles. The molecular weight excluding hydrogens is 471 g/mol. The quantitative estimate of drug-likeness (QED) is 0.441. The van der Waals surface area contributed by atoms with Crippen molar-refractivity contribution in [3.05, 3.63) is 63.9 Å². The Balaban J connectivity index is 1.37. The number of carbonyl (C=O) groups excluding carboxylic acids is 1. The number of halogens is 2. The largest absolute Gasteiger partial charge is 0.491 e. The summed E-state index contributed by atoms with van der Waals surface area (Å²) in [5, 5.41) is 13.4. The maximum absolute atomic E-state index is 12.6. The molecule has 1 aliphatic rings. The highest BCUT2D eigenvalue weighted by Crippen LogP contribution is 2.34. The van der Waals surface area contributed by atoms with Crippen LogP contribution in [-0.2, 0) is 11.3 Å². The summed E-state index contributed by atoms with van der Waals surface area (Å²) in [6.45, 7) is 4.94. The molecule has 1 N–H and O–H groups in total. The number of carbonyl (C=O) groups is 1. The minimum Gasteiger partial charge on any atom is -0.491 e. The topological polar surface area (TPSA) is 78.3 Å². The number of hydrogen-bond acceptors (Lipinski definition) is 6. The van der Waals surface area contributed by atoms with E-state index in [0.717, 1.165) is 11.3 Å². The van der Waals surface area contributed by atoms with Gasteiger partial charge >= 0.3 is 0 Å². The molecule has 168 valence electrons. The molecule has 32 heavy (non-hydrogen) atoms. The fourth-order valence-corrected chi connectivity index (χ4v) is 4.65. The van der Waals surface area contributed by atoms with E-state index in [4.69, 9.17) is 32.7 Å². The number of fused-ring (bicyclic) bond motifs is 1. The number of rotatable bonds is 8. The average Bonchev–Trinajstić information content (AvgIpc) is 3.36. The molecule has 1 aliphatic heterocycles. The van der Waals surface area contributed by atoms with Gasteiger partial charge in [-0.05, 0) is 50.2 Å². The minimum atomic E-state index is -0.332. The van der Waals surface area contributed by atoms with Crippen molar-refractivity contribution in [2.75, 3.05) is 12.4 Å². The van der Waals surface area contributed by atoms with Gasteiger partial charge in [0.05, 0.1) is 11.8 Å². The van der Waals surface area contributed by atoms with Crippen LogP contribution < -0.4 is 14.8 Å². The minimum absolute atomic E-state index is 0.119. The van der Waals surface area contributed by atoms with E-state index in [1.807, 2.05) is 42.7 Å². The van der Waals surface area contributed by atoms with Crippen molar-refractivity contribution in [2.45, 2.75) is 37.7 Å². The molecule has 0 aliphatic carbocycles. The summed E-state index contributed by atoms with van der Waals surface area (Å²) in [5.74, 6) is 2.17. The maximum atomic E-state index is 12.6. The fourth-order valence-electron chi connectivity index (χ4n) is 3.47. The Morgan fingerprint density at radius 3 is 2.88 bits per heavy atom. The first-order chi connectivity index (χ1) is 15.4. The lowest BCUT2D eigenvalue weighted by Gasteiger charge is -2.16. The molecule has 2 unspecified atom stereocenters. The van der Waals surface area contributed by atoms with Gasteiger partial charge in [-0.25, -0.2) is 0 Å². The molecule has 0 radical (unpaired) electrons. The summed E-state index contributed by atoms with van der Waals surface area (Å²) in [7, 11) is 0. The SMILES string of the molecule is CCn1c(SCC(=O)NC2COc3ccc(Cl)cc32)nnc1C(C)Oc1cccc(Cl)c1. The summed E-state index contributed by atoms with van der Waals surface area (Å²) in [6.07, 6.45) is -0.332. The smallest absolute Gasteiger partial charge is 0.231 e. The van der Waals surface area contributed by atoms with Crippen LogP contribution in [0.25, 0.3) is 0 Å². The third kappa shape index (κ3) is 5.14. The van der Waals surface area contributed by atoms with Gasteiger partial charge in [0.15, 0.2) is 17.1 Å². The molecule has 0 fully saturated rings. The third-order valence-corrected chi connectivity index (χ3v) is 6.39. The van der Waals surface area contributed by atoms with Crippen molar-refractivity contribution in [3.63, 3.8) is 0 Å². The fraction of sp³-hybridized carbons (Fsp3) is 0.318. The van der Waals surface area contributed by atoms with E-state index in [1.165, 1.54) is 11.8 Å². The van der Waals surface area contributed by atoms with Gasteiger partial charge < -0.3 is 19.4 Å². The lowest BCUT2D eigenvalue weighted by molar-refractivity contribution is -0.119. The number of nitrogens with zero attached hydrogens (tertiary/aromatic N) is 3. The molecular formula is C22H22Cl2N4O3S. The Bertz CT molecular complexity index is 1120. The van der Waals surface area contributed by atoms with Crippen LogP contribution >= 0.6 is 35.0 Å². The van der Waals surface area contributed by atoms with Crippen molar-refractivity contribution >= 4 is 40.9 Å². The van der Waals surface area contributed by atoms with Crippen LogP contribution in [0.3, 0.4) is 0 Å². The Hall–Kier alpha value is -2.42. The van der Waals surface area contributed by atoms with Crippen LogP contribution in [0.5, 0.6) is 11.5 Å². The number of hydrogen-bond donors (Lipinski definition) is 1. The van der Waals surface area contributed by atoms with Gasteiger partial charge in [0, 0.05) is 22.2 Å². The van der Waals surface area contributed by atoms with Gasteiger partial charge in [0.25, 0.3) is 0 Å². The number of amides is 1. The van der Waals surface area contributed by atoms with Crippen molar-refractivity contribution in [2.24, 2.45) is 0 Å². The van der Waals surface area contributed by atoms with Crippen LogP contribution in [0, 0.1) is 0 Å². The predicted molar refractivity (Wildman–Crippen MR) is 125 cm³/mol. The zero-order valence-electron chi connectivity index (χ0n) is 17.5. The maximum Gasteiger partial charge on any atom is 0.231 e. The second-order valence-electron chi connectivity index (χ2n) is 7.20. The van der Waals surface area contributed by atoms with Crippen molar-refractivity contribution in [3.8, 4) is 11.5 Å². The van der Waals surface area contributed by atoms with Crippen LogP contribution in [0.15, 0.2) is 47.6 Å². The molecule has 4 rings (SSSR count). The van der Waals surface area contributed by atoms with Gasteiger partial charge in [-0.15, -0.1) is 10.2 Å². The van der Waals surface area contributed by atoms with Crippen molar-refractivity contribution < 1.29 is 14.3 Å². The highest BCUT2D eigenvalue weighted by Gasteiger charge is 2.26. The molecule has 0 bridgehead atoms. The molecule has 2 atom stereocenters. The van der Waals surface area contributed by atoms with Gasteiger partial charge in [-0.3, -0.25) is 4.79 Å². The average molecular weight is 493 g/mol. The van der Waals surface area contributed by atoms with Gasteiger partial charge in [0.2, 0.25) is 5.91 Å². The first-order valence-corrected chi connectivity index (χ1v) is 11.9. The van der Waals surface area contributed by atoms with Crippen LogP contribution in [0.2, 0.25) is 10.0 Å². The summed E-state index contributed by atoms with van der Waals surface area (Å²) in [5.41, 5.74) is 0.891. The molecule has 10 heteroatoms. The zero-order valence-corrected chi connectivity index (χ0v) is 19.9. The number of thioether (sulfide) groups is 1. The van der Waals surface area contributed by atoms with Crippen molar-refractivity contribution in [1.29, 1.82) is 0 Å². The Morgan fingerprint density at radius 2 is 2.09 bits per heavy atom. The highest BCUT2D eigenvalue weighted by molar-refractivity contribution is 7.99. The highest BCUT2D eigenvalue weighted by atomic mass is 35.5. The molecule has 1 amide bonds. The second-order valence-corrected chi connectivity index (χ2v) is 9.02. The molecule has 0 saturated carbocycles. The number of nitrogens with one attached hydrogen (secondary N) is 1. The Kier molecular flexibility index (Phi) is 7.13. The van der Waals surface area contributed by atoms with Crippen LogP contribution in [0.4, 0.5) is 0 Å². The zero-order chi connectivity index (χ0) is 22.7. The van der Waals surface area contributed by atoms with E-state index in [1.54, 1.807) is 18.2 Å². The standard InChI is InChI=1S/C22H22Cl2N4O3S/c1-3-28-21(13(2)31-16-6-4-5-14(23)9-16)26-27-22(28)32-12-20(29)25-18-11-30-19-8-7-15(24)10-17(18)19/h4-10,13,18H,3,11-12H2,1-2H3,(H,25,29). The van der Waals surface area contributed by atoms with E-state index < -0.39 is 0 Å². The molecule has 3 aromatic rings. The molecule has 1 aromatic heterocycles. The van der Waals surface area contributed by atoms with Gasteiger partial charge in [-0.2, -0.15) is 0 Å². The predicted octanol–water partition coefficient (Wildman–Crippen LogP) is 5.09. The molecule has 2 heterocycles. The monoisotopic (exact) mass is 492 g/mol. The summed E-state index contributed by atoms with van der Waals surface area (Å²) in [4.78, 5) is 12.6. The molecule has 0 spiro atoms. The van der Waals surface area contributed by atoms with E-state index >= 15 is 0 Å². The van der Waals surface area contributed by atoms with E-state index in [0.29, 0.717) is 39.9 Å². The lowest BCUT2D eigenvalue weighted by Crippen LogP contribution is -2.30. The Labute approximate surface area is 200 Å². The number of ether oxygens (including phenoxy) is 2. The van der Waals surface area contributed by atoms with Crippen LogP contribution in [0.1, 0.15) is 37.4 Å². The lowest BCUT2D eigenvalue weighted by atomic mass is 10.1. The first kappa shape index (κ1) is 22.8. The van der Waals surface area contributed by atoms with Crippen LogP contribution in [-0.4, -0.2) is 33.0 Å². The number of aromatic nitrogens is 3. The van der Waals surface area contributed by atoms with E-state index in [9.17, 15) is 4.79 Å². The summed E-state index contributed by atoms with van der Waals surface area (Å²) >= 11 is 13.4. The molecule has 2 aromatic carbocycles. The second kappa shape index (κ2) is 10.0.